The van der Waals surface area contributed by atoms with E-state index in [1.165, 1.54) is 30.5 Å². The molecule has 0 spiro atoms. The van der Waals surface area contributed by atoms with E-state index < -0.39 is 15.1 Å². The van der Waals surface area contributed by atoms with Gasteiger partial charge in [0.05, 0.1) is 4.90 Å². The highest BCUT2D eigenvalue weighted by Gasteiger charge is 2.29. The van der Waals surface area contributed by atoms with E-state index in [0.29, 0.717) is 10.6 Å². The van der Waals surface area contributed by atoms with Crippen LogP contribution in [0.2, 0.25) is 5.02 Å². The third-order valence-corrected chi connectivity index (χ3v) is 5.94. The molecule has 0 fully saturated rings. The molecule has 0 bridgehead atoms. The Morgan fingerprint density at radius 2 is 1.92 bits per heavy atom. The second kappa shape index (κ2) is 8.46. The minimum absolute atomic E-state index is 0.0631. The minimum atomic E-state index is -3.73. The number of nitrogens with zero attached hydrogens (tertiary/aromatic N) is 1. The van der Waals surface area contributed by atoms with Gasteiger partial charge in [-0.25, -0.2) is 8.42 Å². The topological polar surface area (TPSA) is 76.1 Å². The number of benzene rings is 1. The molecule has 5 nitrogen and oxygen atoms in total. The summed E-state index contributed by atoms with van der Waals surface area (Å²) in [4.78, 5) is 15.8. The molecule has 1 aromatic heterocycles. The van der Waals surface area contributed by atoms with E-state index >= 15 is 0 Å². The summed E-state index contributed by atoms with van der Waals surface area (Å²) in [6, 6.07) is 9.24. The van der Waals surface area contributed by atoms with Crippen molar-refractivity contribution in [1.29, 1.82) is 0 Å². The summed E-state index contributed by atoms with van der Waals surface area (Å²) in [6.45, 7) is -0.0631. The monoisotopic (exact) mass is 386 g/mol. The summed E-state index contributed by atoms with van der Waals surface area (Å²) in [5.74, 6) is -0.127. The van der Waals surface area contributed by atoms with Crippen LogP contribution in [-0.4, -0.2) is 31.7 Å². The predicted octanol–water partition coefficient (Wildman–Crippen LogP) is 3.00. The Bertz CT molecular complexity index is 781. The molecule has 1 amide bonds. The van der Waals surface area contributed by atoms with Crippen LogP contribution in [0.4, 0.5) is 0 Å². The molecule has 1 N–H and O–H groups in total. The first-order valence-corrected chi connectivity index (χ1v) is 9.63. The summed E-state index contributed by atoms with van der Waals surface area (Å²) in [6.07, 6.45) is 3.16. The van der Waals surface area contributed by atoms with E-state index in [4.69, 9.17) is 23.2 Å². The lowest BCUT2D eigenvalue weighted by Crippen LogP contribution is -2.32. The van der Waals surface area contributed by atoms with Gasteiger partial charge in [0, 0.05) is 36.3 Å². The Morgan fingerprint density at radius 1 is 1.21 bits per heavy atom. The maximum atomic E-state index is 13.0. The van der Waals surface area contributed by atoms with Crippen molar-refractivity contribution in [3.05, 3.63) is 59.4 Å². The zero-order valence-corrected chi connectivity index (χ0v) is 15.0. The molecule has 1 atom stereocenters. The fourth-order valence-corrected chi connectivity index (χ4v) is 4.08. The van der Waals surface area contributed by atoms with Gasteiger partial charge in [0.2, 0.25) is 5.91 Å². The largest absolute Gasteiger partial charge is 0.354 e. The lowest BCUT2D eigenvalue weighted by Gasteiger charge is -2.18. The van der Waals surface area contributed by atoms with Gasteiger partial charge < -0.3 is 5.32 Å². The molecule has 0 aliphatic heterocycles. The number of amides is 1. The second-order valence-corrected chi connectivity index (χ2v) is 7.96. The van der Waals surface area contributed by atoms with E-state index in [0.717, 1.165) is 0 Å². The molecular weight excluding hydrogens is 371 g/mol. The number of nitrogens with one attached hydrogen (secondary N) is 1. The van der Waals surface area contributed by atoms with E-state index in [1.54, 1.807) is 18.3 Å². The van der Waals surface area contributed by atoms with E-state index in [1.807, 2.05) is 0 Å². The first-order valence-electron chi connectivity index (χ1n) is 7.17. The normalized spacial score (nSPS) is 12.6. The van der Waals surface area contributed by atoms with Crippen LogP contribution in [0.1, 0.15) is 17.2 Å². The van der Waals surface area contributed by atoms with Crippen LogP contribution in [0, 0.1) is 0 Å². The highest BCUT2D eigenvalue weighted by molar-refractivity contribution is 7.91. The third kappa shape index (κ3) is 4.69. The first kappa shape index (κ1) is 18.7. The van der Waals surface area contributed by atoms with Crippen LogP contribution >= 0.6 is 23.2 Å². The van der Waals surface area contributed by atoms with Gasteiger partial charge in [0.1, 0.15) is 5.25 Å². The number of hydrogen-bond donors (Lipinski definition) is 1. The summed E-state index contributed by atoms with van der Waals surface area (Å²) < 4.78 is 25.9. The summed E-state index contributed by atoms with van der Waals surface area (Å²) >= 11 is 11.3. The van der Waals surface area contributed by atoms with Gasteiger partial charge in [-0.05, 0) is 35.9 Å². The van der Waals surface area contributed by atoms with Gasteiger partial charge >= 0.3 is 0 Å². The number of pyridine rings is 1. The van der Waals surface area contributed by atoms with Crippen LogP contribution in [0.25, 0.3) is 0 Å². The number of carbonyl (C=O) groups excluding carboxylic acids is 1. The standard InChI is InChI=1S/C16H16Cl2N2O3S/c17-8-7-16(21)20-11-15(12-2-1-9-19-10-12)24(22,23)14-5-3-13(18)4-6-14/h1-6,9-10,15H,7-8,11H2,(H,20,21). The van der Waals surface area contributed by atoms with Crippen LogP contribution < -0.4 is 5.32 Å². The molecule has 0 radical (unpaired) electrons. The molecule has 128 valence electrons. The van der Waals surface area contributed by atoms with Crippen molar-refractivity contribution in [2.75, 3.05) is 12.4 Å². The molecule has 2 aromatic rings. The van der Waals surface area contributed by atoms with Gasteiger partial charge in [-0.1, -0.05) is 17.7 Å². The first-order chi connectivity index (χ1) is 11.4. The lowest BCUT2D eigenvalue weighted by molar-refractivity contribution is -0.120. The van der Waals surface area contributed by atoms with Crippen LogP contribution in [0.5, 0.6) is 0 Å². The molecule has 0 aliphatic rings. The van der Waals surface area contributed by atoms with Crippen molar-refractivity contribution in [1.82, 2.24) is 10.3 Å². The number of sulfone groups is 1. The highest BCUT2D eigenvalue weighted by Crippen LogP contribution is 2.28. The van der Waals surface area contributed by atoms with Crippen molar-refractivity contribution in [3.8, 4) is 0 Å². The van der Waals surface area contributed by atoms with E-state index in [-0.39, 0.29) is 29.6 Å². The van der Waals surface area contributed by atoms with Crippen LogP contribution in [-0.2, 0) is 14.6 Å². The van der Waals surface area contributed by atoms with Crippen LogP contribution in [0.3, 0.4) is 0 Å². The smallest absolute Gasteiger partial charge is 0.221 e. The van der Waals surface area contributed by atoms with Gasteiger partial charge in [-0.2, -0.15) is 0 Å². The van der Waals surface area contributed by atoms with Gasteiger partial charge in [0.25, 0.3) is 0 Å². The third-order valence-electron chi connectivity index (χ3n) is 3.38. The number of halogens is 2. The Balaban J connectivity index is 2.34. The number of alkyl halides is 1. The van der Waals surface area contributed by atoms with Crippen molar-refractivity contribution < 1.29 is 13.2 Å². The maximum absolute atomic E-state index is 13.0. The molecule has 24 heavy (non-hydrogen) atoms. The van der Waals surface area contributed by atoms with E-state index in [2.05, 4.69) is 10.3 Å². The molecular formula is C16H16Cl2N2O3S. The summed E-state index contributed by atoms with van der Waals surface area (Å²) in [7, 11) is -3.73. The molecule has 8 heteroatoms. The number of aromatic nitrogens is 1. The Hall–Kier alpha value is -1.63. The molecule has 0 saturated heterocycles. The molecule has 0 aliphatic carbocycles. The zero-order valence-electron chi connectivity index (χ0n) is 12.7. The van der Waals surface area contributed by atoms with Gasteiger partial charge in [-0.3, -0.25) is 9.78 Å². The predicted molar refractivity (Wildman–Crippen MR) is 94.0 cm³/mol. The van der Waals surface area contributed by atoms with Crippen molar-refractivity contribution in [2.45, 2.75) is 16.6 Å². The SMILES string of the molecule is O=C(CCCl)NCC(c1cccnc1)S(=O)(=O)c1ccc(Cl)cc1. The van der Waals surface area contributed by atoms with Gasteiger partial charge in [-0.15, -0.1) is 11.6 Å². The van der Waals surface area contributed by atoms with Gasteiger partial charge in [0.15, 0.2) is 9.84 Å². The Kier molecular flexibility index (Phi) is 6.60. The molecule has 0 saturated carbocycles. The number of hydrogen-bond acceptors (Lipinski definition) is 4. The quantitative estimate of drug-likeness (QED) is 0.741. The van der Waals surface area contributed by atoms with Crippen molar-refractivity contribution in [3.63, 3.8) is 0 Å². The van der Waals surface area contributed by atoms with Crippen LogP contribution in [0.15, 0.2) is 53.7 Å². The fourth-order valence-electron chi connectivity index (χ4n) is 2.14. The fraction of sp³-hybridized carbons (Fsp3) is 0.250. The zero-order chi connectivity index (χ0) is 17.6. The molecule has 1 unspecified atom stereocenters. The average Bonchev–Trinajstić information content (AvgIpc) is 2.56. The Morgan fingerprint density at radius 3 is 2.50 bits per heavy atom. The lowest BCUT2D eigenvalue weighted by atomic mass is 10.2. The highest BCUT2D eigenvalue weighted by atomic mass is 35.5. The number of carbonyl (C=O) groups is 1. The molecule has 1 heterocycles. The molecule has 1 aromatic carbocycles. The molecule has 2 rings (SSSR count). The van der Waals surface area contributed by atoms with E-state index in [9.17, 15) is 13.2 Å². The second-order valence-electron chi connectivity index (χ2n) is 5.02. The number of rotatable bonds is 7. The van der Waals surface area contributed by atoms with Crippen molar-refractivity contribution >= 4 is 38.9 Å². The summed E-state index contributed by atoms with van der Waals surface area (Å²) in [5.41, 5.74) is 0.499. The average molecular weight is 387 g/mol. The van der Waals surface area contributed by atoms with Crippen molar-refractivity contribution in [2.24, 2.45) is 0 Å². The maximum Gasteiger partial charge on any atom is 0.221 e. The Labute approximate surface area is 150 Å². The summed E-state index contributed by atoms with van der Waals surface area (Å²) in [5, 5.41) is 2.11. The minimum Gasteiger partial charge on any atom is -0.354 e.